The van der Waals surface area contributed by atoms with E-state index in [0.29, 0.717) is 71.5 Å². The zero-order valence-electron chi connectivity index (χ0n) is 77.9. The van der Waals surface area contributed by atoms with Gasteiger partial charge in [0.25, 0.3) is 0 Å². The second kappa shape index (κ2) is 42.4. The van der Waals surface area contributed by atoms with E-state index in [1.807, 2.05) is 30.3 Å². The van der Waals surface area contributed by atoms with Gasteiger partial charge in [0.2, 0.25) is 0 Å². The number of alkyl halides is 18. The Labute approximate surface area is 801 Å². The lowest BCUT2D eigenvalue weighted by Crippen LogP contribution is -2.64. The smallest absolute Gasteiger partial charge is 0.416 e. The van der Waals surface area contributed by atoms with Crippen molar-refractivity contribution in [1.82, 2.24) is 59.4 Å². The van der Waals surface area contributed by atoms with Gasteiger partial charge in [-0.1, -0.05) is 152 Å². The quantitative estimate of drug-likeness (QED) is 0.0248. The Hall–Kier alpha value is -12.7. The average molecular weight is 2010 g/mol. The lowest BCUT2D eigenvalue weighted by molar-refractivity contribution is -0.145. The van der Waals surface area contributed by atoms with E-state index in [2.05, 4.69) is 35.9 Å². The summed E-state index contributed by atoms with van der Waals surface area (Å²) >= 11 is 0. The molecule has 3 fully saturated rings. The van der Waals surface area contributed by atoms with Crippen molar-refractivity contribution in [3.05, 3.63) is 335 Å². The van der Waals surface area contributed by atoms with Crippen LogP contribution in [0.4, 0.5) is 88.6 Å². The van der Waals surface area contributed by atoms with Gasteiger partial charge in [-0.05, 0) is 193 Å². The number of nitrogens with zero attached hydrogens (tertiary/aromatic N) is 8. The third-order valence-corrected chi connectivity index (χ3v) is 25.8. The highest BCUT2D eigenvalue weighted by Crippen LogP contribution is 2.52. The topological polar surface area (TPSA) is 308 Å². The van der Waals surface area contributed by atoms with Gasteiger partial charge in [0.15, 0.2) is 0 Å². The molecule has 11 aromatic rings. The largest absolute Gasteiger partial charge is 0.445 e. The summed E-state index contributed by atoms with van der Waals surface area (Å²) in [5.74, 6) is -0.280. The van der Waals surface area contributed by atoms with E-state index in [-0.39, 0.29) is 132 Å². The van der Waals surface area contributed by atoms with E-state index in [1.54, 1.807) is 149 Å². The minimum atomic E-state index is -5.06. The number of piperidine rings is 3. The number of rotatable bonds is 28. The predicted octanol–water partition coefficient (Wildman–Crippen LogP) is 20.5. The number of Topliss-reactive ketones (excluding diaryl/α,β-unsaturated/α-hetero) is 1. The van der Waals surface area contributed by atoms with Crippen molar-refractivity contribution < 1.29 is 127 Å². The van der Waals surface area contributed by atoms with Crippen molar-refractivity contribution >= 4 is 18.0 Å². The van der Waals surface area contributed by atoms with Gasteiger partial charge < -0.3 is 39.2 Å². The number of ketones is 1. The summed E-state index contributed by atoms with van der Waals surface area (Å²) in [5, 5.41) is 43.8. The third kappa shape index (κ3) is 25.8. The number of aliphatic hydroxyl groups is 2. The number of H-pyrrole nitrogens is 3. The molecule has 764 valence electrons. The van der Waals surface area contributed by atoms with Crippen LogP contribution in [0, 0.1) is 0 Å². The molecule has 3 aromatic heterocycles. The number of hydrogen-bond donors (Lipinski definition) is 6. The minimum Gasteiger partial charge on any atom is -0.445 e. The third-order valence-electron chi connectivity index (χ3n) is 25.8. The number of benzene rings is 8. The molecule has 3 saturated heterocycles. The zero-order valence-corrected chi connectivity index (χ0v) is 77.9. The lowest BCUT2D eigenvalue weighted by atomic mass is 9.71. The van der Waals surface area contributed by atoms with E-state index in [9.17, 15) is 118 Å². The van der Waals surface area contributed by atoms with Crippen LogP contribution in [0.15, 0.2) is 240 Å². The first-order valence-electron chi connectivity index (χ1n) is 44.7. The molecule has 6 heterocycles. The molecular weight excluding hydrogens is 1910 g/mol. The maximum atomic E-state index is 14.3. The van der Waals surface area contributed by atoms with Crippen LogP contribution >= 0.6 is 0 Å². The van der Waals surface area contributed by atoms with E-state index in [0.717, 1.165) is 5.56 Å². The first-order chi connectivity index (χ1) is 66.3. The molecule has 43 heteroatoms. The SMILES string of the molecule is CC(=O)C[C@]1(n2cn[nH]c2=O)CC[C@@](CO[C@H](C)c2cc(C(F)(F)F)cc(C(F)(F)F)c2)(c2ccccc2)N(C(=O)OCc2ccccc2)C1.C[C@@H](OC[C@@]1(c2ccccc2)CC[C@](CC(C)(C)O)(n2cn[nH]c2=O)CN1)c1cc(C(F)(F)F)cc(C(F)(F)F)c1.C[C@@H](OC[C@@]1(c2ccccc2)CC[C@](CC(C)(C)O)(n2cn[nH]c2=O)CN1C(=O)OCc1ccccc1)c1cc(C(F)(F)F)cc(C(F)(F)F)c1. The molecule has 9 atom stereocenters. The Morgan fingerprint density at radius 3 is 0.958 bits per heavy atom. The normalized spacial score (nSPS) is 21.2. The molecule has 6 N–H and O–H groups in total. The summed E-state index contributed by atoms with van der Waals surface area (Å²) in [6.45, 7) is 10.4. The fourth-order valence-electron chi connectivity index (χ4n) is 18.9. The van der Waals surface area contributed by atoms with E-state index in [4.69, 9.17) is 23.7 Å². The average Bonchev–Trinajstić information content (AvgIpc) is 1.31. The Balaban J connectivity index is 0.000000191. The van der Waals surface area contributed by atoms with Crippen molar-refractivity contribution in [2.45, 2.75) is 226 Å². The van der Waals surface area contributed by atoms with Crippen LogP contribution < -0.4 is 22.4 Å². The van der Waals surface area contributed by atoms with Crippen LogP contribution in [0.2, 0.25) is 0 Å². The summed E-state index contributed by atoms with van der Waals surface area (Å²) in [7, 11) is 0. The molecule has 25 nitrogen and oxygen atoms in total. The molecule has 8 aromatic carbocycles. The number of hydrogen-bond acceptors (Lipinski definition) is 17. The fraction of sp³-hybridized carbons (Fsp3) is 0.424. The molecule has 0 aliphatic carbocycles. The molecule has 0 spiro atoms. The molecule has 0 radical (unpaired) electrons. The fourth-order valence-corrected chi connectivity index (χ4v) is 18.9. The lowest BCUT2D eigenvalue weighted by Gasteiger charge is -2.54. The van der Waals surface area contributed by atoms with Gasteiger partial charge in [0, 0.05) is 38.9 Å². The highest BCUT2D eigenvalue weighted by Gasteiger charge is 2.58. The minimum absolute atomic E-state index is 0.00547. The summed E-state index contributed by atoms with van der Waals surface area (Å²) < 4.78 is 279. The number of likely N-dealkylation sites (tertiary alicyclic amines) is 2. The number of aromatic nitrogens is 9. The Morgan fingerprint density at radius 2 is 0.662 bits per heavy atom. The number of aromatic amines is 3. The molecule has 2 amide bonds. The van der Waals surface area contributed by atoms with Crippen molar-refractivity contribution in [1.29, 1.82) is 0 Å². The molecule has 14 rings (SSSR count). The molecule has 0 unspecified atom stereocenters. The highest BCUT2D eigenvalue weighted by molar-refractivity contribution is 5.77. The second-order valence-electron chi connectivity index (χ2n) is 37.4. The van der Waals surface area contributed by atoms with Crippen molar-refractivity contribution in [2.24, 2.45) is 0 Å². The van der Waals surface area contributed by atoms with Gasteiger partial charge in [-0.15, -0.1) is 0 Å². The molecular formula is C99H104F18N12O13. The van der Waals surface area contributed by atoms with Gasteiger partial charge in [-0.2, -0.15) is 94.3 Å². The van der Waals surface area contributed by atoms with Gasteiger partial charge in [-0.3, -0.25) is 28.3 Å². The van der Waals surface area contributed by atoms with Crippen LogP contribution in [0.25, 0.3) is 0 Å². The van der Waals surface area contributed by atoms with Crippen LogP contribution in [0.1, 0.15) is 209 Å². The maximum Gasteiger partial charge on any atom is 0.416 e. The zero-order chi connectivity index (χ0) is 104. The van der Waals surface area contributed by atoms with Gasteiger partial charge >= 0.3 is 66.3 Å². The van der Waals surface area contributed by atoms with Crippen molar-refractivity contribution in [2.75, 3.05) is 39.5 Å². The van der Waals surface area contributed by atoms with E-state index in [1.165, 1.54) is 70.2 Å². The monoisotopic (exact) mass is 2010 g/mol. The number of nitrogens with one attached hydrogen (secondary N) is 4. The van der Waals surface area contributed by atoms with Crippen molar-refractivity contribution in [3.63, 3.8) is 0 Å². The van der Waals surface area contributed by atoms with Gasteiger partial charge in [-0.25, -0.2) is 39.3 Å². The summed E-state index contributed by atoms with van der Waals surface area (Å²) in [6.07, 6.45) is -30.5. The van der Waals surface area contributed by atoms with Crippen molar-refractivity contribution in [3.8, 4) is 0 Å². The maximum absolute atomic E-state index is 14.3. The molecule has 0 saturated carbocycles. The summed E-state index contributed by atoms with van der Waals surface area (Å²) in [4.78, 5) is 82.4. The Bertz CT molecular complexity index is 6190. The predicted molar refractivity (Wildman–Crippen MR) is 479 cm³/mol. The second-order valence-corrected chi connectivity index (χ2v) is 37.4. The van der Waals surface area contributed by atoms with Crippen LogP contribution in [-0.2, 0) is 112 Å². The number of amides is 2. The van der Waals surface area contributed by atoms with Gasteiger partial charge in [0.1, 0.15) is 38.0 Å². The highest BCUT2D eigenvalue weighted by atomic mass is 19.4. The number of carbonyl (C=O) groups is 3. The van der Waals surface area contributed by atoms with E-state index >= 15 is 0 Å². The number of carbonyl (C=O) groups excluding carboxylic acids is 3. The summed E-state index contributed by atoms with van der Waals surface area (Å²) in [6, 6.07) is 47.9. The van der Waals surface area contributed by atoms with E-state index < -0.39 is 169 Å². The van der Waals surface area contributed by atoms with Gasteiger partial charge in [0.05, 0.1) is 116 Å². The van der Waals surface area contributed by atoms with Crippen LogP contribution in [0.5, 0.6) is 0 Å². The first kappa shape index (κ1) is 108. The Kier molecular flexibility index (Phi) is 32.3. The molecule has 3 aliphatic heterocycles. The molecule has 142 heavy (non-hydrogen) atoms. The number of halogens is 18. The number of ether oxygens (including phenoxy) is 5. The standard InChI is InChI=1S/C36H38F6N4O5.C35H34F6N4O5.C28H32F6N4O3/c1-24(26-16-28(35(37,38)39)18-29(17-26)36(40,41)42)51-22-34(27-12-8-5-9-13-27)15-14-33(20-32(2,3)49,46-23-43-44-30(46)47)21-45(34)31(48)50-19-25-10-6-4-7-11-25;1-23(46)18-32(45-22-42-43-30(45)47)13-14-33(27-11-7-4-8-12-27,44(20-32)31(48)49-19-25-9-5-3-6-10-25)21-50-24(2)26-15-28(34(36,37)38)17-29(16-26)35(39,40)41;1-18(19-11-21(27(29,30)31)13-22(12-19)28(32,33)34)41-16-26(20-7-5-4-6-8-20)10-9-25(15-35-26,14-24(2,3)40)38-17-36-37-23(38)39/h4-13,16-18,23-24,49H,14-15,19-22H2,1-3H3,(H,44,47);3-12,15-17,22,24H,13-14,18-21H2,1-2H3,(H,43,47);4-8,11-13,17-18,35,40H,9-10,14-16H2,1-3H3,(H,37,39)/t24-,33-,34-;24-,32-,33-;18-,25-,26-/m111/s1. The molecule has 0 bridgehead atoms. The Morgan fingerprint density at radius 1 is 0.380 bits per heavy atom. The summed E-state index contributed by atoms with van der Waals surface area (Å²) in [5.41, 5.74) is -17.7. The van der Waals surface area contributed by atoms with Crippen LogP contribution in [0.3, 0.4) is 0 Å². The first-order valence-corrected chi connectivity index (χ1v) is 44.7. The molecule has 3 aliphatic rings. The van der Waals surface area contributed by atoms with Crippen LogP contribution in [-0.4, -0.2) is 133 Å².